The van der Waals surface area contributed by atoms with E-state index >= 15 is 0 Å². The number of aliphatic hydroxyl groups excluding tert-OH is 1. The summed E-state index contributed by atoms with van der Waals surface area (Å²) in [5.74, 6) is 1.72. The molecule has 21 heavy (non-hydrogen) atoms. The molecular weight excluding hydrogens is 260 g/mol. The molecule has 3 rings (SSSR count). The smallest absolute Gasteiger partial charge is 0.119 e. The molecule has 110 valence electrons. The molecule has 1 aliphatic rings. The van der Waals surface area contributed by atoms with Crippen LogP contribution in [-0.4, -0.2) is 11.7 Å². The van der Waals surface area contributed by atoms with Gasteiger partial charge in [0, 0.05) is 0 Å². The van der Waals surface area contributed by atoms with E-state index in [0.717, 1.165) is 30.8 Å². The second-order valence-electron chi connectivity index (χ2n) is 5.78. The van der Waals surface area contributed by atoms with Gasteiger partial charge >= 0.3 is 0 Å². The molecule has 3 unspecified atom stereocenters. The maximum atomic E-state index is 10.5. The van der Waals surface area contributed by atoms with Gasteiger partial charge in [0.1, 0.15) is 5.75 Å². The second-order valence-corrected chi connectivity index (χ2v) is 5.78. The Morgan fingerprint density at radius 2 is 1.81 bits per heavy atom. The van der Waals surface area contributed by atoms with Gasteiger partial charge in [-0.2, -0.15) is 0 Å². The Labute approximate surface area is 126 Å². The van der Waals surface area contributed by atoms with Gasteiger partial charge in [-0.3, -0.25) is 0 Å². The highest BCUT2D eigenvalue weighted by Gasteiger charge is 2.43. The van der Waals surface area contributed by atoms with Crippen LogP contribution >= 0.6 is 0 Å². The van der Waals surface area contributed by atoms with E-state index in [2.05, 4.69) is 31.2 Å². The van der Waals surface area contributed by atoms with E-state index in [0.29, 0.717) is 11.8 Å². The van der Waals surface area contributed by atoms with Crippen molar-refractivity contribution in [3.8, 4) is 5.75 Å². The number of hydrogen-bond acceptors (Lipinski definition) is 2. The van der Waals surface area contributed by atoms with Gasteiger partial charge in [0.15, 0.2) is 0 Å². The van der Waals surface area contributed by atoms with E-state index < -0.39 is 0 Å². The predicted molar refractivity (Wildman–Crippen MR) is 84.5 cm³/mol. The van der Waals surface area contributed by atoms with Gasteiger partial charge in [-0.15, -0.1) is 0 Å². The Hall–Kier alpha value is -1.80. The minimum atomic E-state index is -0.379. The van der Waals surface area contributed by atoms with Crippen molar-refractivity contribution in [2.75, 3.05) is 6.61 Å². The van der Waals surface area contributed by atoms with Crippen LogP contribution in [0.15, 0.2) is 54.6 Å². The summed E-state index contributed by atoms with van der Waals surface area (Å²) in [7, 11) is 0. The first-order valence-corrected chi connectivity index (χ1v) is 7.75. The molecule has 2 aromatic carbocycles. The molecule has 0 bridgehead atoms. The summed E-state index contributed by atoms with van der Waals surface area (Å²) in [6.45, 7) is 2.83. The standard InChI is InChI=1S/C19H22O2/c1-2-12-21-16-10-8-15(9-11-16)19(20)18-13-17(18)14-6-4-3-5-7-14/h3-11,17-20H,2,12-13H2,1H3. The molecule has 2 heteroatoms. The average molecular weight is 282 g/mol. The number of benzene rings is 2. The van der Waals surface area contributed by atoms with Gasteiger partial charge in [-0.25, -0.2) is 0 Å². The van der Waals surface area contributed by atoms with Crippen LogP contribution in [-0.2, 0) is 0 Å². The van der Waals surface area contributed by atoms with Gasteiger partial charge in [-0.05, 0) is 47.9 Å². The molecule has 2 aromatic rings. The number of aliphatic hydroxyl groups is 1. The molecule has 0 amide bonds. The largest absolute Gasteiger partial charge is 0.494 e. The summed E-state index contributed by atoms with van der Waals surface area (Å²) < 4.78 is 5.57. The van der Waals surface area contributed by atoms with Crippen LogP contribution in [0.3, 0.4) is 0 Å². The zero-order valence-corrected chi connectivity index (χ0v) is 12.4. The van der Waals surface area contributed by atoms with Gasteiger partial charge in [0.25, 0.3) is 0 Å². The maximum absolute atomic E-state index is 10.5. The second kappa shape index (κ2) is 6.31. The topological polar surface area (TPSA) is 29.5 Å². The van der Waals surface area contributed by atoms with Crippen molar-refractivity contribution in [2.45, 2.75) is 31.8 Å². The lowest BCUT2D eigenvalue weighted by molar-refractivity contribution is 0.151. The Kier molecular flexibility index (Phi) is 4.26. The monoisotopic (exact) mass is 282 g/mol. The maximum Gasteiger partial charge on any atom is 0.119 e. The molecule has 0 heterocycles. The van der Waals surface area contributed by atoms with Crippen molar-refractivity contribution in [1.29, 1.82) is 0 Å². The summed E-state index contributed by atoms with van der Waals surface area (Å²) in [6, 6.07) is 18.3. The molecule has 2 nitrogen and oxygen atoms in total. The minimum absolute atomic E-state index is 0.342. The molecule has 0 spiro atoms. The van der Waals surface area contributed by atoms with Gasteiger partial charge < -0.3 is 9.84 Å². The molecule has 0 aliphatic heterocycles. The van der Waals surface area contributed by atoms with E-state index in [1.807, 2.05) is 30.3 Å². The van der Waals surface area contributed by atoms with Crippen molar-refractivity contribution in [3.05, 3.63) is 65.7 Å². The first-order valence-electron chi connectivity index (χ1n) is 7.75. The summed E-state index contributed by atoms with van der Waals surface area (Å²) in [4.78, 5) is 0. The lowest BCUT2D eigenvalue weighted by Crippen LogP contribution is -2.02. The van der Waals surface area contributed by atoms with E-state index in [-0.39, 0.29) is 6.10 Å². The third kappa shape index (κ3) is 3.27. The van der Waals surface area contributed by atoms with E-state index in [9.17, 15) is 5.11 Å². The number of ether oxygens (including phenoxy) is 1. The average Bonchev–Trinajstić information content (AvgIpc) is 3.34. The Morgan fingerprint density at radius 3 is 2.48 bits per heavy atom. The molecule has 1 N–H and O–H groups in total. The fourth-order valence-electron chi connectivity index (χ4n) is 2.88. The lowest BCUT2D eigenvalue weighted by Gasteiger charge is -2.12. The van der Waals surface area contributed by atoms with Crippen LogP contribution in [0.1, 0.15) is 42.9 Å². The van der Waals surface area contributed by atoms with Crippen LogP contribution in [0.25, 0.3) is 0 Å². The molecule has 0 radical (unpaired) electrons. The zero-order valence-electron chi connectivity index (χ0n) is 12.4. The van der Waals surface area contributed by atoms with Crippen molar-refractivity contribution in [2.24, 2.45) is 5.92 Å². The predicted octanol–water partition coefficient (Wildman–Crippen LogP) is 4.31. The Bertz CT molecular complexity index is 562. The number of rotatable bonds is 6. The number of hydrogen-bond donors (Lipinski definition) is 1. The fraction of sp³-hybridized carbons (Fsp3) is 0.368. The molecule has 3 atom stereocenters. The molecule has 1 saturated carbocycles. The minimum Gasteiger partial charge on any atom is -0.494 e. The normalized spacial score (nSPS) is 21.8. The SMILES string of the molecule is CCCOc1ccc(C(O)C2CC2c2ccccc2)cc1. The molecule has 1 aliphatic carbocycles. The highest BCUT2D eigenvalue weighted by molar-refractivity contribution is 5.32. The Morgan fingerprint density at radius 1 is 1.10 bits per heavy atom. The van der Waals surface area contributed by atoms with E-state index in [1.165, 1.54) is 5.56 Å². The van der Waals surface area contributed by atoms with Crippen LogP contribution in [0, 0.1) is 5.92 Å². The van der Waals surface area contributed by atoms with Crippen LogP contribution in [0.5, 0.6) is 5.75 Å². The van der Waals surface area contributed by atoms with Crippen molar-refractivity contribution in [1.82, 2.24) is 0 Å². The summed E-state index contributed by atoms with van der Waals surface area (Å²) in [5, 5.41) is 10.5. The van der Waals surface area contributed by atoms with E-state index in [1.54, 1.807) is 0 Å². The van der Waals surface area contributed by atoms with Crippen LogP contribution in [0.2, 0.25) is 0 Å². The highest BCUT2D eigenvalue weighted by atomic mass is 16.5. The third-order valence-electron chi connectivity index (χ3n) is 4.17. The van der Waals surface area contributed by atoms with Crippen molar-refractivity contribution >= 4 is 0 Å². The first-order chi connectivity index (χ1) is 10.3. The third-order valence-corrected chi connectivity index (χ3v) is 4.17. The zero-order chi connectivity index (χ0) is 14.7. The molecule has 1 fully saturated rings. The molecule has 0 aromatic heterocycles. The molecule has 0 saturated heterocycles. The molecular formula is C19H22O2. The van der Waals surface area contributed by atoms with Crippen molar-refractivity contribution in [3.63, 3.8) is 0 Å². The van der Waals surface area contributed by atoms with Gasteiger partial charge in [0.05, 0.1) is 12.7 Å². The summed E-state index contributed by atoms with van der Waals surface area (Å²) in [5.41, 5.74) is 2.33. The van der Waals surface area contributed by atoms with Crippen LogP contribution < -0.4 is 4.74 Å². The van der Waals surface area contributed by atoms with Crippen molar-refractivity contribution < 1.29 is 9.84 Å². The van der Waals surface area contributed by atoms with Gasteiger partial charge in [-0.1, -0.05) is 49.4 Å². The quantitative estimate of drug-likeness (QED) is 0.855. The van der Waals surface area contributed by atoms with Gasteiger partial charge in [0.2, 0.25) is 0 Å². The first kappa shape index (κ1) is 14.2. The fourth-order valence-corrected chi connectivity index (χ4v) is 2.88. The summed E-state index contributed by atoms with van der Waals surface area (Å²) in [6.07, 6.45) is 1.69. The van der Waals surface area contributed by atoms with Crippen LogP contribution in [0.4, 0.5) is 0 Å². The highest BCUT2D eigenvalue weighted by Crippen LogP contribution is 2.54. The summed E-state index contributed by atoms with van der Waals surface area (Å²) >= 11 is 0. The Balaban J connectivity index is 1.63. The lowest BCUT2D eigenvalue weighted by atomic mass is 10.0. The van der Waals surface area contributed by atoms with E-state index in [4.69, 9.17) is 4.74 Å².